The fraction of sp³-hybridized carbons (Fsp3) is 0.812. The van der Waals surface area contributed by atoms with Crippen LogP contribution in [-0.4, -0.2) is 49.8 Å². The quantitative estimate of drug-likeness (QED) is 0.375. The van der Waals surface area contributed by atoms with Gasteiger partial charge in [-0.1, -0.05) is 20.3 Å². The predicted octanol–water partition coefficient (Wildman–Crippen LogP) is -0.0605. The van der Waals surface area contributed by atoms with E-state index in [1.54, 1.807) is 7.05 Å². The largest absolute Gasteiger partial charge is 0.346 e. The van der Waals surface area contributed by atoms with E-state index in [1.165, 1.54) is 6.92 Å². The van der Waals surface area contributed by atoms with Crippen LogP contribution >= 0.6 is 0 Å². The Bertz CT molecular complexity index is 388. The second kappa shape index (κ2) is 12.0. The Morgan fingerprint density at radius 1 is 1.17 bits per heavy atom. The van der Waals surface area contributed by atoms with Gasteiger partial charge in [-0.15, -0.1) is 0 Å². The minimum Gasteiger partial charge on any atom is -0.346 e. The van der Waals surface area contributed by atoms with Gasteiger partial charge in [0.25, 0.3) is 0 Å². The lowest BCUT2D eigenvalue weighted by Crippen LogP contribution is -2.50. The standard InChI is InChI=1S/C16H32N4O3/c1-5-11(2)15(18-4)16(23)19-10-14(22)20-13(12(3)21)8-6-7-9-17/h11,13,15,18H,5-10,17H2,1-4H3,(H,19,23)(H,20,22)/t11?,13-,15-/m0/s1. The number of carbonyl (C=O) groups is 3. The topological polar surface area (TPSA) is 113 Å². The highest BCUT2D eigenvalue weighted by molar-refractivity contribution is 5.91. The Labute approximate surface area is 139 Å². The molecule has 134 valence electrons. The molecule has 0 saturated carbocycles. The minimum absolute atomic E-state index is 0.0885. The monoisotopic (exact) mass is 328 g/mol. The van der Waals surface area contributed by atoms with E-state index in [4.69, 9.17) is 5.73 Å². The fourth-order valence-corrected chi connectivity index (χ4v) is 2.30. The van der Waals surface area contributed by atoms with Gasteiger partial charge in [0.1, 0.15) is 0 Å². The number of carbonyl (C=O) groups excluding carboxylic acids is 3. The SMILES string of the molecule is CCC(C)[C@H](NC)C(=O)NCC(=O)N[C@@H](CCCCN)C(C)=O. The summed E-state index contributed by atoms with van der Waals surface area (Å²) in [6.07, 6.45) is 3.02. The molecule has 0 bridgehead atoms. The van der Waals surface area contributed by atoms with E-state index < -0.39 is 6.04 Å². The van der Waals surface area contributed by atoms with E-state index in [-0.39, 0.29) is 36.1 Å². The Kier molecular flexibility index (Phi) is 11.2. The van der Waals surface area contributed by atoms with Crippen molar-refractivity contribution in [2.24, 2.45) is 11.7 Å². The summed E-state index contributed by atoms with van der Waals surface area (Å²) in [5.41, 5.74) is 5.42. The molecular formula is C16H32N4O3. The molecule has 0 aromatic carbocycles. The highest BCUT2D eigenvalue weighted by Crippen LogP contribution is 2.07. The summed E-state index contributed by atoms with van der Waals surface area (Å²) in [6.45, 7) is 5.87. The van der Waals surface area contributed by atoms with Crippen molar-refractivity contribution < 1.29 is 14.4 Å². The van der Waals surface area contributed by atoms with Gasteiger partial charge >= 0.3 is 0 Å². The normalized spacial score (nSPS) is 14.7. The molecule has 0 fully saturated rings. The lowest BCUT2D eigenvalue weighted by Gasteiger charge is -2.22. The highest BCUT2D eigenvalue weighted by atomic mass is 16.2. The highest BCUT2D eigenvalue weighted by Gasteiger charge is 2.23. The zero-order valence-corrected chi connectivity index (χ0v) is 14.8. The van der Waals surface area contributed by atoms with Crippen LogP contribution < -0.4 is 21.7 Å². The van der Waals surface area contributed by atoms with Gasteiger partial charge < -0.3 is 21.7 Å². The first-order chi connectivity index (χ1) is 10.9. The van der Waals surface area contributed by atoms with Crippen LogP contribution in [0.15, 0.2) is 0 Å². The molecule has 3 atom stereocenters. The van der Waals surface area contributed by atoms with Crippen molar-refractivity contribution in [3.8, 4) is 0 Å². The van der Waals surface area contributed by atoms with Crippen LogP contribution in [0, 0.1) is 5.92 Å². The number of rotatable bonds is 12. The molecule has 0 heterocycles. The van der Waals surface area contributed by atoms with E-state index in [1.807, 2.05) is 13.8 Å². The second-order valence-corrected chi connectivity index (χ2v) is 5.88. The molecule has 0 aromatic heterocycles. The molecule has 23 heavy (non-hydrogen) atoms. The fourth-order valence-electron chi connectivity index (χ4n) is 2.30. The number of ketones is 1. The Morgan fingerprint density at radius 3 is 2.30 bits per heavy atom. The van der Waals surface area contributed by atoms with Crippen LogP contribution in [0.5, 0.6) is 0 Å². The van der Waals surface area contributed by atoms with E-state index in [9.17, 15) is 14.4 Å². The maximum Gasteiger partial charge on any atom is 0.239 e. The molecule has 0 saturated heterocycles. The summed E-state index contributed by atoms with van der Waals surface area (Å²) in [7, 11) is 1.72. The molecule has 1 unspecified atom stereocenters. The molecule has 0 aromatic rings. The summed E-state index contributed by atoms with van der Waals surface area (Å²) >= 11 is 0. The molecule has 7 heteroatoms. The average molecular weight is 328 g/mol. The molecule has 2 amide bonds. The summed E-state index contributed by atoms with van der Waals surface area (Å²) < 4.78 is 0. The third-order valence-electron chi connectivity index (χ3n) is 4.00. The van der Waals surface area contributed by atoms with Crippen molar-refractivity contribution in [1.29, 1.82) is 0 Å². The van der Waals surface area contributed by atoms with Crippen LogP contribution in [0.1, 0.15) is 46.5 Å². The van der Waals surface area contributed by atoms with Crippen LogP contribution in [-0.2, 0) is 14.4 Å². The smallest absolute Gasteiger partial charge is 0.239 e. The van der Waals surface area contributed by atoms with Crippen LogP contribution in [0.2, 0.25) is 0 Å². The Balaban J connectivity index is 4.35. The Morgan fingerprint density at radius 2 is 1.83 bits per heavy atom. The lowest BCUT2D eigenvalue weighted by atomic mass is 9.98. The van der Waals surface area contributed by atoms with E-state index in [2.05, 4.69) is 16.0 Å². The third kappa shape index (κ3) is 8.66. The van der Waals surface area contributed by atoms with Gasteiger partial charge in [-0.05, 0) is 45.7 Å². The van der Waals surface area contributed by atoms with Gasteiger partial charge in [0, 0.05) is 0 Å². The van der Waals surface area contributed by atoms with Gasteiger partial charge in [0.05, 0.1) is 18.6 Å². The van der Waals surface area contributed by atoms with Crippen LogP contribution in [0.4, 0.5) is 0 Å². The first kappa shape index (κ1) is 21.5. The number of likely N-dealkylation sites (N-methyl/N-ethyl adjacent to an activating group) is 1. The van der Waals surface area contributed by atoms with Crippen molar-refractivity contribution in [2.75, 3.05) is 20.1 Å². The van der Waals surface area contributed by atoms with Gasteiger partial charge in [-0.2, -0.15) is 0 Å². The van der Waals surface area contributed by atoms with Gasteiger partial charge in [0.15, 0.2) is 5.78 Å². The zero-order chi connectivity index (χ0) is 17.8. The zero-order valence-electron chi connectivity index (χ0n) is 14.8. The Hall–Kier alpha value is -1.47. The summed E-state index contributed by atoms with van der Waals surface area (Å²) in [5.74, 6) is -0.483. The number of unbranched alkanes of at least 4 members (excludes halogenated alkanes) is 1. The van der Waals surface area contributed by atoms with Crippen molar-refractivity contribution in [3.05, 3.63) is 0 Å². The summed E-state index contributed by atoms with van der Waals surface area (Å²) in [4.78, 5) is 35.5. The molecule has 0 spiro atoms. The molecule has 0 rings (SSSR count). The van der Waals surface area contributed by atoms with E-state index in [0.29, 0.717) is 13.0 Å². The number of hydrogen-bond donors (Lipinski definition) is 4. The van der Waals surface area contributed by atoms with Crippen molar-refractivity contribution in [1.82, 2.24) is 16.0 Å². The maximum absolute atomic E-state index is 12.1. The first-order valence-electron chi connectivity index (χ1n) is 8.32. The lowest BCUT2D eigenvalue weighted by molar-refractivity contribution is -0.129. The van der Waals surface area contributed by atoms with Gasteiger partial charge in [-0.25, -0.2) is 0 Å². The van der Waals surface area contributed by atoms with Crippen molar-refractivity contribution in [2.45, 2.75) is 58.5 Å². The van der Waals surface area contributed by atoms with Crippen molar-refractivity contribution in [3.63, 3.8) is 0 Å². The number of Topliss-reactive ketones (excluding diaryl/α,β-unsaturated/α-hetero) is 1. The first-order valence-corrected chi connectivity index (χ1v) is 8.32. The number of nitrogens with one attached hydrogen (secondary N) is 3. The van der Waals surface area contributed by atoms with E-state index in [0.717, 1.165) is 19.3 Å². The van der Waals surface area contributed by atoms with Crippen molar-refractivity contribution >= 4 is 17.6 Å². The molecule has 0 aliphatic rings. The third-order valence-corrected chi connectivity index (χ3v) is 4.00. The minimum atomic E-state index is -0.513. The predicted molar refractivity (Wildman–Crippen MR) is 90.8 cm³/mol. The van der Waals surface area contributed by atoms with Gasteiger partial charge in [0.2, 0.25) is 11.8 Å². The molecular weight excluding hydrogens is 296 g/mol. The molecule has 0 radical (unpaired) electrons. The van der Waals surface area contributed by atoms with Crippen LogP contribution in [0.25, 0.3) is 0 Å². The van der Waals surface area contributed by atoms with E-state index >= 15 is 0 Å². The number of nitrogens with two attached hydrogens (primary N) is 1. The molecule has 7 nitrogen and oxygen atoms in total. The number of hydrogen-bond acceptors (Lipinski definition) is 5. The second-order valence-electron chi connectivity index (χ2n) is 5.88. The maximum atomic E-state index is 12.1. The number of amides is 2. The summed E-state index contributed by atoms with van der Waals surface area (Å²) in [6, 6.07) is -0.846. The molecule has 5 N–H and O–H groups in total. The summed E-state index contributed by atoms with van der Waals surface area (Å²) in [5, 5.41) is 8.24. The molecule has 0 aliphatic heterocycles. The average Bonchev–Trinajstić information content (AvgIpc) is 2.52. The van der Waals surface area contributed by atoms with Crippen LogP contribution in [0.3, 0.4) is 0 Å². The molecule has 0 aliphatic carbocycles. The van der Waals surface area contributed by atoms with Gasteiger partial charge in [-0.3, -0.25) is 14.4 Å².